The van der Waals surface area contributed by atoms with E-state index in [0.29, 0.717) is 0 Å². The molecule has 2 aromatic rings. The Bertz CT molecular complexity index is 476. The quantitative estimate of drug-likeness (QED) is 0.800. The number of nitrogens with zero attached hydrogens (tertiary/aromatic N) is 3. The Morgan fingerprint density at radius 3 is 2.88 bits per heavy atom. The predicted octanol–water partition coefficient (Wildman–Crippen LogP) is 2.08. The first-order chi connectivity index (χ1) is 8.33. The van der Waals surface area contributed by atoms with Crippen LogP contribution in [0.3, 0.4) is 0 Å². The van der Waals surface area contributed by atoms with Gasteiger partial charge in [-0.25, -0.2) is 9.67 Å². The van der Waals surface area contributed by atoms with Crippen LogP contribution in [0.25, 0.3) is 5.69 Å². The number of aromatic nitrogens is 3. The summed E-state index contributed by atoms with van der Waals surface area (Å²) in [7, 11) is 0. The first-order valence-electron chi connectivity index (χ1n) is 5.98. The minimum Gasteiger partial charge on any atom is -0.310 e. The lowest BCUT2D eigenvalue weighted by Crippen LogP contribution is -2.18. The van der Waals surface area contributed by atoms with Gasteiger partial charge >= 0.3 is 0 Å². The largest absolute Gasteiger partial charge is 0.310 e. The molecule has 0 atom stereocenters. The van der Waals surface area contributed by atoms with Gasteiger partial charge in [-0.15, -0.1) is 0 Å². The van der Waals surface area contributed by atoms with Gasteiger partial charge in [0.25, 0.3) is 0 Å². The molecule has 0 fully saturated rings. The molecular weight excluding hydrogens is 212 g/mol. The van der Waals surface area contributed by atoms with E-state index in [2.05, 4.69) is 41.4 Å². The van der Waals surface area contributed by atoms with Gasteiger partial charge in [0, 0.05) is 0 Å². The van der Waals surface area contributed by atoms with E-state index >= 15 is 0 Å². The van der Waals surface area contributed by atoms with E-state index in [0.717, 1.165) is 31.0 Å². The van der Waals surface area contributed by atoms with E-state index in [-0.39, 0.29) is 0 Å². The molecule has 4 nitrogen and oxygen atoms in total. The third-order valence-electron chi connectivity index (χ3n) is 2.67. The number of nitrogens with one attached hydrogen (secondary N) is 1. The molecule has 1 heterocycles. The second kappa shape index (κ2) is 5.59. The zero-order valence-electron chi connectivity index (χ0n) is 10.3. The summed E-state index contributed by atoms with van der Waals surface area (Å²) >= 11 is 0. The van der Waals surface area contributed by atoms with Crippen molar-refractivity contribution < 1.29 is 0 Å². The van der Waals surface area contributed by atoms with Crippen molar-refractivity contribution in [1.82, 2.24) is 20.1 Å². The summed E-state index contributed by atoms with van der Waals surface area (Å²) < 4.78 is 1.90. The topological polar surface area (TPSA) is 42.7 Å². The maximum atomic E-state index is 4.29. The lowest BCUT2D eigenvalue weighted by molar-refractivity contribution is 0.632. The van der Waals surface area contributed by atoms with Gasteiger partial charge in [-0.1, -0.05) is 25.1 Å². The summed E-state index contributed by atoms with van der Waals surface area (Å²) in [5.41, 5.74) is 2.30. The fourth-order valence-corrected chi connectivity index (χ4v) is 1.77. The highest BCUT2D eigenvalue weighted by molar-refractivity contribution is 5.39. The summed E-state index contributed by atoms with van der Waals surface area (Å²) in [5, 5.41) is 7.64. The highest BCUT2D eigenvalue weighted by atomic mass is 15.3. The lowest BCUT2D eigenvalue weighted by atomic mass is 10.2. The molecule has 0 saturated carbocycles. The average molecular weight is 230 g/mol. The van der Waals surface area contributed by atoms with Crippen molar-refractivity contribution in [1.29, 1.82) is 0 Å². The molecule has 17 heavy (non-hydrogen) atoms. The van der Waals surface area contributed by atoms with Crippen LogP contribution in [0.2, 0.25) is 0 Å². The third kappa shape index (κ3) is 2.71. The van der Waals surface area contributed by atoms with Crippen LogP contribution < -0.4 is 5.32 Å². The Hall–Kier alpha value is -1.68. The fourth-order valence-electron chi connectivity index (χ4n) is 1.77. The van der Waals surface area contributed by atoms with E-state index < -0.39 is 0 Å². The number of hydrogen-bond donors (Lipinski definition) is 1. The molecule has 0 amide bonds. The van der Waals surface area contributed by atoms with Gasteiger partial charge in [0.2, 0.25) is 0 Å². The van der Waals surface area contributed by atoms with Crippen LogP contribution in [0.4, 0.5) is 0 Å². The number of aryl methyl sites for hydroxylation is 1. The highest BCUT2D eigenvalue weighted by Gasteiger charge is 2.07. The molecule has 0 radical (unpaired) electrons. The molecule has 90 valence electrons. The van der Waals surface area contributed by atoms with Crippen molar-refractivity contribution in [3.8, 4) is 5.69 Å². The van der Waals surface area contributed by atoms with Gasteiger partial charge in [0.1, 0.15) is 12.2 Å². The van der Waals surface area contributed by atoms with E-state index in [1.807, 2.05) is 16.8 Å². The number of para-hydroxylation sites is 1. The molecule has 0 unspecified atom stereocenters. The van der Waals surface area contributed by atoms with Crippen molar-refractivity contribution in [3.63, 3.8) is 0 Å². The minimum absolute atomic E-state index is 0.752. The standard InChI is InChI=1S/C13H18N4/c1-3-8-14-9-13-15-10-16-17(13)12-7-5-4-6-11(12)2/h4-7,10,14H,3,8-9H2,1-2H3. The van der Waals surface area contributed by atoms with Gasteiger partial charge in [-0.05, 0) is 31.5 Å². The smallest absolute Gasteiger partial charge is 0.146 e. The molecule has 1 aromatic carbocycles. The van der Waals surface area contributed by atoms with Crippen LogP contribution in [-0.4, -0.2) is 21.3 Å². The molecular formula is C13H18N4. The Kier molecular flexibility index (Phi) is 3.88. The molecule has 1 aromatic heterocycles. The number of hydrogen-bond acceptors (Lipinski definition) is 3. The zero-order chi connectivity index (χ0) is 12.1. The van der Waals surface area contributed by atoms with Gasteiger partial charge in [0.15, 0.2) is 0 Å². The minimum atomic E-state index is 0.752. The maximum Gasteiger partial charge on any atom is 0.146 e. The highest BCUT2D eigenvalue weighted by Crippen LogP contribution is 2.13. The lowest BCUT2D eigenvalue weighted by Gasteiger charge is -2.09. The van der Waals surface area contributed by atoms with E-state index in [1.54, 1.807) is 6.33 Å². The molecule has 0 saturated heterocycles. The van der Waals surface area contributed by atoms with Crippen molar-refractivity contribution in [2.45, 2.75) is 26.8 Å². The SMILES string of the molecule is CCCNCc1ncnn1-c1ccccc1C. The average Bonchev–Trinajstić information content (AvgIpc) is 2.78. The van der Waals surface area contributed by atoms with Crippen LogP contribution in [0, 0.1) is 6.92 Å². The molecule has 0 aliphatic rings. The van der Waals surface area contributed by atoms with Crippen molar-refractivity contribution in [2.75, 3.05) is 6.54 Å². The third-order valence-corrected chi connectivity index (χ3v) is 2.67. The molecule has 0 bridgehead atoms. The maximum absolute atomic E-state index is 4.29. The van der Waals surface area contributed by atoms with Crippen LogP contribution in [0.5, 0.6) is 0 Å². The summed E-state index contributed by atoms with van der Waals surface area (Å²) in [6, 6.07) is 8.20. The van der Waals surface area contributed by atoms with Gasteiger partial charge in [-0.2, -0.15) is 5.10 Å². The fraction of sp³-hybridized carbons (Fsp3) is 0.385. The Morgan fingerprint density at radius 2 is 2.12 bits per heavy atom. The number of benzene rings is 1. The molecule has 1 N–H and O–H groups in total. The summed E-state index contributed by atoms with van der Waals surface area (Å²) in [6.45, 7) is 5.99. The van der Waals surface area contributed by atoms with E-state index in [9.17, 15) is 0 Å². The first-order valence-corrected chi connectivity index (χ1v) is 5.98. The van der Waals surface area contributed by atoms with Gasteiger partial charge in [-0.3, -0.25) is 0 Å². The van der Waals surface area contributed by atoms with E-state index in [1.165, 1.54) is 5.56 Å². The molecule has 2 rings (SSSR count). The Labute approximate surface area is 102 Å². The van der Waals surface area contributed by atoms with Crippen molar-refractivity contribution in [3.05, 3.63) is 42.0 Å². The summed E-state index contributed by atoms with van der Waals surface area (Å²) in [6.07, 6.45) is 2.73. The van der Waals surface area contributed by atoms with Crippen molar-refractivity contribution in [2.24, 2.45) is 0 Å². The molecule has 0 spiro atoms. The van der Waals surface area contributed by atoms with Crippen LogP contribution in [-0.2, 0) is 6.54 Å². The Balaban J connectivity index is 2.22. The van der Waals surface area contributed by atoms with Gasteiger partial charge in [0.05, 0.1) is 12.2 Å². The second-order valence-corrected chi connectivity index (χ2v) is 4.05. The van der Waals surface area contributed by atoms with Crippen LogP contribution in [0.15, 0.2) is 30.6 Å². The molecule has 0 aliphatic carbocycles. The van der Waals surface area contributed by atoms with Gasteiger partial charge < -0.3 is 5.32 Å². The Morgan fingerprint density at radius 1 is 1.29 bits per heavy atom. The summed E-state index contributed by atoms with van der Waals surface area (Å²) in [4.78, 5) is 4.29. The summed E-state index contributed by atoms with van der Waals surface area (Å²) in [5.74, 6) is 0.952. The predicted molar refractivity (Wildman–Crippen MR) is 68.1 cm³/mol. The second-order valence-electron chi connectivity index (χ2n) is 4.05. The van der Waals surface area contributed by atoms with Crippen LogP contribution >= 0.6 is 0 Å². The first kappa shape index (κ1) is 11.8. The normalized spacial score (nSPS) is 10.7. The number of rotatable bonds is 5. The van der Waals surface area contributed by atoms with E-state index in [4.69, 9.17) is 0 Å². The van der Waals surface area contributed by atoms with Crippen LogP contribution in [0.1, 0.15) is 24.7 Å². The molecule has 4 heteroatoms. The van der Waals surface area contributed by atoms with Crippen molar-refractivity contribution >= 4 is 0 Å². The molecule has 0 aliphatic heterocycles. The zero-order valence-corrected chi connectivity index (χ0v) is 10.3. The monoisotopic (exact) mass is 230 g/mol.